The number of nitrogens with zero attached hydrogens (tertiary/aromatic N) is 2. The van der Waals surface area contributed by atoms with Gasteiger partial charge in [-0.2, -0.15) is 13.2 Å². The molecular weight excluding hydrogens is 477 g/mol. The maximum atomic E-state index is 13.8. The molecule has 2 aromatic heterocycles. The van der Waals surface area contributed by atoms with E-state index in [1.54, 1.807) is 0 Å². The number of carbonyl (C=O) groups is 1. The number of nitrogens with one attached hydrogen (secondary N) is 4. The van der Waals surface area contributed by atoms with Crippen LogP contribution in [0, 0.1) is 0 Å². The number of anilines is 1. The molecule has 194 valence electrons. The summed E-state index contributed by atoms with van der Waals surface area (Å²) in [6.45, 7) is 2.79. The van der Waals surface area contributed by atoms with Crippen molar-refractivity contribution in [3.63, 3.8) is 0 Å². The Morgan fingerprint density at radius 1 is 1.22 bits per heavy atom. The number of H-pyrrole nitrogens is 1. The summed E-state index contributed by atoms with van der Waals surface area (Å²) >= 11 is 0. The van der Waals surface area contributed by atoms with Crippen LogP contribution in [0.2, 0.25) is 0 Å². The molecule has 0 amide bonds. The molecule has 0 radical (unpaired) electrons. The quantitative estimate of drug-likeness (QED) is 0.251. The summed E-state index contributed by atoms with van der Waals surface area (Å²) in [4.78, 5) is 22.3. The van der Waals surface area contributed by atoms with Gasteiger partial charge in [-0.1, -0.05) is 6.07 Å². The van der Waals surface area contributed by atoms with Crippen molar-refractivity contribution in [1.82, 2.24) is 25.6 Å². The highest BCUT2D eigenvalue weighted by molar-refractivity contribution is 5.99. The number of benzene rings is 1. The number of rotatable bonds is 11. The minimum absolute atomic E-state index is 0.0263. The summed E-state index contributed by atoms with van der Waals surface area (Å²) < 4.78 is 46.9. The molecule has 0 bridgehead atoms. The molecule has 0 spiro atoms. The largest absolute Gasteiger partial charge is 0.478 e. The van der Waals surface area contributed by atoms with Gasteiger partial charge in [-0.05, 0) is 38.4 Å². The molecule has 0 aliphatic heterocycles. The van der Waals surface area contributed by atoms with Crippen LogP contribution >= 0.6 is 0 Å². The van der Waals surface area contributed by atoms with E-state index in [1.165, 1.54) is 24.4 Å². The third kappa shape index (κ3) is 6.12. The summed E-state index contributed by atoms with van der Waals surface area (Å²) in [7, 11) is 1.87. The summed E-state index contributed by atoms with van der Waals surface area (Å²) in [5.41, 5.74) is -0.554. The van der Waals surface area contributed by atoms with Gasteiger partial charge in [0.1, 0.15) is 5.56 Å². The lowest BCUT2D eigenvalue weighted by atomic mass is 10.0. The Hall–Kier alpha value is -3.22. The van der Waals surface area contributed by atoms with Gasteiger partial charge in [-0.15, -0.1) is 0 Å². The van der Waals surface area contributed by atoms with Crippen LogP contribution in [0.4, 0.5) is 19.1 Å². The maximum absolute atomic E-state index is 13.8. The molecule has 1 aliphatic carbocycles. The Morgan fingerprint density at radius 2 is 2.00 bits per heavy atom. The summed E-state index contributed by atoms with van der Waals surface area (Å²) in [5.74, 6) is -1.00. The second kappa shape index (κ2) is 11.2. The molecule has 1 aromatic carbocycles. The number of likely N-dealkylation sites (N-methyl/N-ethyl adjacent to an activating group) is 1. The van der Waals surface area contributed by atoms with Gasteiger partial charge in [0, 0.05) is 54.0 Å². The number of ether oxygens (including phenoxy) is 1. The molecule has 0 saturated heterocycles. The van der Waals surface area contributed by atoms with Crippen LogP contribution < -0.4 is 16.0 Å². The monoisotopic (exact) mass is 506 g/mol. The van der Waals surface area contributed by atoms with Crippen molar-refractivity contribution in [2.75, 3.05) is 38.7 Å². The molecule has 1 saturated carbocycles. The fourth-order valence-corrected chi connectivity index (χ4v) is 4.41. The number of aromatic amines is 1. The van der Waals surface area contributed by atoms with Gasteiger partial charge in [0.25, 0.3) is 0 Å². The van der Waals surface area contributed by atoms with Gasteiger partial charge in [-0.25, -0.2) is 14.8 Å². The molecular formula is C24H29F3N6O3. The SMILES string of the molecule is CNCCOCCN[C@H]1CC[C@H](Nc2ncc(C(F)(F)F)c(-c3c[nH]c4cc(C(=O)O)ccc34)n2)C1. The number of aromatic carboxylic acids is 1. The number of carboxylic acid groups (broad SMARTS) is 1. The van der Waals surface area contributed by atoms with E-state index in [1.807, 2.05) is 7.05 Å². The minimum atomic E-state index is -4.66. The van der Waals surface area contributed by atoms with Crippen LogP contribution in [0.1, 0.15) is 35.2 Å². The maximum Gasteiger partial charge on any atom is 0.419 e. The lowest BCUT2D eigenvalue weighted by Crippen LogP contribution is -2.31. The first-order chi connectivity index (χ1) is 17.3. The highest BCUT2D eigenvalue weighted by atomic mass is 19.4. The van der Waals surface area contributed by atoms with Crippen LogP contribution in [0.15, 0.2) is 30.6 Å². The van der Waals surface area contributed by atoms with Crippen molar-refractivity contribution in [3.8, 4) is 11.3 Å². The zero-order valence-corrected chi connectivity index (χ0v) is 19.8. The second-order valence-corrected chi connectivity index (χ2v) is 8.74. The van der Waals surface area contributed by atoms with E-state index in [4.69, 9.17) is 4.74 Å². The van der Waals surface area contributed by atoms with Crippen LogP contribution in [0.5, 0.6) is 0 Å². The van der Waals surface area contributed by atoms with Gasteiger partial charge >= 0.3 is 12.1 Å². The van der Waals surface area contributed by atoms with Crippen LogP contribution in [0.25, 0.3) is 22.2 Å². The third-order valence-electron chi connectivity index (χ3n) is 6.22. The van der Waals surface area contributed by atoms with E-state index >= 15 is 0 Å². The summed E-state index contributed by atoms with van der Waals surface area (Å²) in [5, 5.41) is 19.3. The predicted molar refractivity (Wildman–Crippen MR) is 129 cm³/mol. The molecule has 0 unspecified atom stereocenters. The molecule has 12 heteroatoms. The average molecular weight is 507 g/mol. The molecule has 3 aromatic rings. The van der Waals surface area contributed by atoms with Gasteiger partial charge in [0.05, 0.1) is 24.5 Å². The van der Waals surface area contributed by atoms with E-state index in [-0.39, 0.29) is 34.9 Å². The summed E-state index contributed by atoms with van der Waals surface area (Å²) in [6, 6.07) is 4.52. The Bertz CT molecular complexity index is 1200. The van der Waals surface area contributed by atoms with Crippen molar-refractivity contribution in [1.29, 1.82) is 0 Å². The van der Waals surface area contributed by atoms with Crippen molar-refractivity contribution in [2.45, 2.75) is 37.5 Å². The lowest BCUT2D eigenvalue weighted by molar-refractivity contribution is -0.137. The molecule has 4 rings (SSSR count). The standard InChI is InChI=1S/C24H29F3N6O3/c1-28-6-8-36-9-7-29-15-3-4-16(11-15)32-23-31-13-19(24(25,26)27)21(33-23)18-12-30-20-10-14(22(34)35)2-5-17(18)20/h2,5,10,12-13,15-16,28-30H,3-4,6-9,11H2,1H3,(H,34,35)(H,31,32,33)/t15-,16-/m0/s1. The van der Waals surface area contributed by atoms with Crippen LogP contribution in [-0.4, -0.2) is 71.5 Å². The molecule has 9 nitrogen and oxygen atoms in total. The average Bonchev–Trinajstić information content (AvgIpc) is 3.46. The highest BCUT2D eigenvalue weighted by Gasteiger charge is 2.36. The second-order valence-electron chi connectivity index (χ2n) is 8.74. The zero-order chi connectivity index (χ0) is 25.7. The fraction of sp³-hybridized carbons (Fsp3) is 0.458. The Balaban J connectivity index is 1.48. The smallest absolute Gasteiger partial charge is 0.419 e. The Labute approximate surface area is 205 Å². The topological polar surface area (TPSA) is 124 Å². The number of alkyl halides is 3. The van der Waals surface area contributed by atoms with Gasteiger partial charge < -0.3 is 30.8 Å². The molecule has 5 N–H and O–H groups in total. The fourth-order valence-electron chi connectivity index (χ4n) is 4.41. The molecule has 1 fully saturated rings. The number of halogens is 3. The first-order valence-electron chi connectivity index (χ1n) is 11.8. The number of carboxylic acids is 1. The number of aromatic nitrogens is 3. The zero-order valence-electron chi connectivity index (χ0n) is 19.8. The number of hydrogen-bond acceptors (Lipinski definition) is 7. The Kier molecular flexibility index (Phi) is 8.07. The van der Waals surface area contributed by atoms with Crippen LogP contribution in [0.3, 0.4) is 0 Å². The molecule has 2 heterocycles. The first kappa shape index (κ1) is 25.9. The Morgan fingerprint density at radius 3 is 2.75 bits per heavy atom. The lowest BCUT2D eigenvalue weighted by Gasteiger charge is -2.17. The first-order valence-corrected chi connectivity index (χ1v) is 11.8. The van der Waals surface area contributed by atoms with E-state index in [0.29, 0.717) is 24.1 Å². The minimum Gasteiger partial charge on any atom is -0.478 e. The van der Waals surface area contributed by atoms with Gasteiger partial charge in [0.15, 0.2) is 0 Å². The van der Waals surface area contributed by atoms with Crippen molar-refractivity contribution >= 4 is 22.8 Å². The third-order valence-corrected chi connectivity index (χ3v) is 6.22. The molecule has 2 atom stereocenters. The van der Waals surface area contributed by atoms with Crippen LogP contribution in [-0.2, 0) is 10.9 Å². The van der Waals surface area contributed by atoms with E-state index < -0.39 is 17.7 Å². The van der Waals surface area contributed by atoms with Crippen molar-refractivity contribution < 1.29 is 27.8 Å². The summed E-state index contributed by atoms with van der Waals surface area (Å²) in [6.07, 6.45) is 0.102. The highest BCUT2D eigenvalue weighted by Crippen LogP contribution is 2.39. The number of fused-ring (bicyclic) bond motifs is 1. The van der Waals surface area contributed by atoms with E-state index in [2.05, 4.69) is 30.9 Å². The number of hydrogen-bond donors (Lipinski definition) is 5. The molecule has 36 heavy (non-hydrogen) atoms. The van der Waals surface area contributed by atoms with Crippen molar-refractivity contribution in [2.24, 2.45) is 0 Å². The van der Waals surface area contributed by atoms with Crippen molar-refractivity contribution in [3.05, 3.63) is 41.7 Å². The molecule has 1 aliphatic rings. The van der Waals surface area contributed by atoms with Gasteiger partial charge in [-0.3, -0.25) is 0 Å². The predicted octanol–water partition coefficient (Wildman–Crippen LogP) is 3.50. The van der Waals surface area contributed by atoms with E-state index in [9.17, 15) is 23.1 Å². The normalized spacial score (nSPS) is 18.1. The van der Waals surface area contributed by atoms with Gasteiger partial charge in [0.2, 0.25) is 5.95 Å². The van der Waals surface area contributed by atoms with E-state index in [0.717, 1.165) is 38.5 Å².